The summed E-state index contributed by atoms with van der Waals surface area (Å²) in [5, 5.41) is 3.37. The molecule has 2 heterocycles. The molecule has 1 fully saturated rings. The summed E-state index contributed by atoms with van der Waals surface area (Å²) in [6.07, 6.45) is 5.89. The minimum atomic E-state index is -0.0841. The first-order valence-corrected chi connectivity index (χ1v) is 10.1. The average molecular weight is 482 g/mol. The van der Waals surface area contributed by atoms with Crippen LogP contribution < -0.4 is 5.32 Å². The number of nitrogens with zero attached hydrogens (tertiary/aromatic N) is 3. The molecule has 136 valence electrons. The standard InChI is InChI=1S/C18H18Br2N4O2/c19-15-6-11-4-14(5-12(11)7-16(15)20)23-18-21-8-13(9-22-18)17(25)24-2-1-3-26-10-24/h6-9,14H,1-5,10H2,(H,21,22,23). The lowest BCUT2D eigenvalue weighted by Crippen LogP contribution is -2.38. The number of nitrogens with one attached hydrogen (secondary N) is 1. The van der Waals surface area contributed by atoms with Gasteiger partial charge in [-0.2, -0.15) is 0 Å². The Morgan fingerprint density at radius 1 is 1.15 bits per heavy atom. The molecule has 1 amide bonds. The third kappa shape index (κ3) is 3.77. The molecule has 4 rings (SSSR count). The zero-order valence-electron chi connectivity index (χ0n) is 14.0. The van der Waals surface area contributed by atoms with Crippen molar-refractivity contribution >= 4 is 43.7 Å². The van der Waals surface area contributed by atoms with E-state index in [1.54, 1.807) is 17.3 Å². The van der Waals surface area contributed by atoms with Gasteiger partial charge in [0.05, 0.1) is 12.2 Å². The Hall–Kier alpha value is -1.51. The fourth-order valence-corrected chi connectivity index (χ4v) is 4.13. The molecule has 0 atom stereocenters. The van der Waals surface area contributed by atoms with Crippen LogP contribution >= 0.6 is 31.9 Å². The van der Waals surface area contributed by atoms with Crippen LogP contribution in [0.25, 0.3) is 0 Å². The Bertz CT molecular complexity index is 792. The molecule has 1 N–H and O–H groups in total. The van der Waals surface area contributed by atoms with Gasteiger partial charge in [-0.1, -0.05) is 0 Å². The molecule has 1 aliphatic carbocycles. The Morgan fingerprint density at radius 3 is 2.38 bits per heavy atom. The van der Waals surface area contributed by atoms with Crippen molar-refractivity contribution in [2.45, 2.75) is 25.3 Å². The number of carbonyl (C=O) groups is 1. The van der Waals surface area contributed by atoms with E-state index in [4.69, 9.17) is 4.74 Å². The number of halogens is 2. The van der Waals surface area contributed by atoms with E-state index in [1.165, 1.54) is 11.1 Å². The van der Waals surface area contributed by atoms with E-state index in [0.717, 1.165) is 28.2 Å². The number of anilines is 1. The molecule has 1 aromatic carbocycles. The highest BCUT2D eigenvalue weighted by Crippen LogP contribution is 2.32. The van der Waals surface area contributed by atoms with Gasteiger partial charge in [-0.3, -0.25) is 4.79 Å². The van der Waals surface area contributed by atoms with Gasteiger partial charge in [0, 0.05) is 33.9 Å². The largest absolute Gasteiger partial charge is 0.361 e. The summed E-state index contributed by atoms with van der Waals surface area (Å²) in [4.78, 5) is 22.7. The number of hydrogen-bond acceptors (Lipinski definition) is 5. The van der Waals surface area contributed by atoms with Gasteiger partial charge < -0.3 is 15.0 Å². The zero-order valence-corrected chi connectivity index (χ0v) is 17.2. The normalized spacial score (nSPS) is 17.2. The minimum Gasteiger partial charge on any atom is -0.361 e. The maximum atomic E-state index is 12.4. The molecule has 0 radical (unpaired) electrons. The molecule has 6 nitrogen and oxygen atoms in total. The third-order valence-electron chi connectivity index (χ3n) is 4.66. The van der Waals surface area contributed by atoms with E-state index < -0.39 is 0 Å². The van der Waals surface area contributed by atoms with Crippen molar-refractivity contribution in [2.75, 3.05) is 25.2 Å². The molecule has 0 bridgehead atoms. The number of benzene rings is 1. The molecule has 2 aromatic rings. The van der Waals surface area contributed by atoms with Gasteiger partial charge in [-0.25, -0.2) is 9.97 Å². The second-order valence-electron chi connectivity index (χ2n) is 6.54. The van der Waals surface area contributed by atoms with Gasteiger partial charge in [-0.15, -0.1) is 0 Å². The lowest BCUT2D eigenvalue weighted by atomic mass is 10.1. The summed E-state index contributed by atoms with van der Waals surface area (Å²) in [6.45, 7) is 1.76. The molecule has 8 heteroatoms. The number of hydrogen-bond donors (Lipinski definition) is 1. The number of amides is 1. The molecule has 1 aliphatic heterocycles. The summed E-state index contributed by atoms with van der Waals surface area (Å²) in [5.74, 6) is 0.464. The lowest BCUT2D eigenvalue weighted by Gasteiger charge is -2.26. The highest BCUT2D eigenvalue weighted by molar-refractivity contribution is 9.13. The summed E-state index contributed by atoms with van der Waals surface area (Å²) in [5.41, 5.74) is 3.15. The fourth-order valence-electron chi connectivity index (χ4n) is 3.35. The molecule has 0 unspecified atom stereocenters. The van der Waals surface area contributed by atoms with Crippen molar-refractivity contribution in [2.24, 2.45) is 0 Å². The van der Waals surface area contributed by atoms with Gasteiger partial charge in [0.2, 0.25) is 5.95 Å². The molecule has 0 spiro atoms. The predicted octanol–water partition coefficient (Wildman–Crippen LogP) is 3.40. The fraction of sp³-hybridized carbons (Fsp3) is 0.389. The molecule has 1 saturated heterocycles. The summed E-state index contributed by atoms with van der Waals surface area (Å²) in [6, 6.07) is 4.57. The van der Waals surface area contributed by atoms with E-state index in [-0.39, 0.29) is 11.9 Å². The van der Waals surface area contributed by atoms with Crippen LogP contribution in [0.15, 0.2) is 33.5 Å². The minimum absolute atomic E-state index is 0.0841. The summed E-state index contributed by atoms with van der Waals surface area (Å²) < 4.78 is 7.46. The van der Waals surface area contributed by atoms with Crippen LogP contribution in [0, 0.1) is 0 Å². The first-order chi connectivity index (χ1) is 12.6. The second-order valence-corrected chi connectivity index (χ2v) is 8.25. The van der Waals surface area contributed by atoms with Crippen LogP contribution in [-0.4, -0.2) is 46.7 Å². The first-order valence-electron chi connectivity index (χ1n) is 8.52. The number of aromatic nitrogens is 2. The van der Waals surface area contributed by atoms with Gasteiger partial charge in [0.25, 0.3) is 5.91 Å². The molecule has 0 saturated carbocycles. The smallest absolute Gasteiger partial charge is 0.258 e. The Labute approximate surface area is 168 Å². The van der Waals surface area contributed by atoms with Gasteiger partial charge in [0.15, 0.2) is 0 Å². The quantitative estimate of drug-likeness (QED) is 0.727. The van der Waals surface area contributed by atoms with Crippen molar-refractivity contribution < 1.29 is 9.53 Å². The number of fused-ring (bicyclic) bond motifs is 1. The molecular weight excluding hydrogens is 464 g/mol. The Morgan fingerprint density at radius 2 is 1.81 bits per heavy atom. The Balaban J connectivity index is 1.40. The second kappa shape index (κ2) is 7.62. The van der Waals surface area contributed by atoms with Crippen LogP contribution in [-0.2, 0) is 17.6 Å². The third-order valence-corrected chi connectivity index (χ3v) is 6.50. The van der Waals surface area contributed by atoms with Gasteiger partial charge >= 0.3 is 0 Å². The number of ether oxygens (including phenoxy) is 1. The van der Waals surface area contributed by atoms with E-state index >= 15 is 0 Å². The molecule has 2 aliphatic rings. The summed E-state index contributed by atoms with van der Waals surface area (Å²) in [7, 11) is 0. The molecule has 26 heavy (non-hydrogen) atoms. The van der Waals surface area contributed by atoms with Gasteiger partial charge in [0.1, 0.15) is 6.73 Å². The van der Waals surface area contributed by atoms with Crippen LogP contribution in [0.3, 0.4) is 0 Å². The van der Waals surface area contributed by atoms with Gasteiger partial charge in [-0.05, 0) is 74.4 Å². The summed E-state index contributed by atoms with van der Waals surface area (Å²) >= 11 is 7.11. The van der Waals surface area contributed by atoms with Crippen molar-refractivity contribution in [3.63, 3.8) is 0 Å². The van der Waals surface area contributed by atoms with Crippen molar-refractivity contribution in [1.82, 2.24) is 14.9 Å². The van der Waals surface area contributed by atoms with E-state index in [9.17, 15) is 4.79 Å². The monoisotopic (exact) mass is 480 g/mol. The maximum Gasteiger partial charge on any atom is 0.258 e. The lowest BCUT2D eigenvalue weighted by molar-refractivity contribution is -0.00575. The van der Waals surface area contributed by atoms with E-state index in [2.05, 4.69) is 59.3 Å². The molecular formula is C18H18Br2N4O2. The molecule has 1 aromatic heterocycles. The van der Waals surface area contributed by atoms with Crippen LogP contribution in [0.4, 0.5) is 5.95 Å². The van der Waals surface area contributed by atoms with Crippen molar-refractivity contribution in [1.29, 1.82) is 0 Å². The van der Waals surface area contributed by atoms with Crippen LogP contribution in [0.5, 0.6) is 0 Å². The first kappa shape index (κ1) is 17.9. The topological polar surface area (TPSA) is 67.4 Å². The van der Waals surface area contributed by atoms with E-state index in [0.29, 0.717) is 31.4 Å². The highest BCUT2D eigenvalue weighted by atomic mass is 79.9. The number of carbonyl (C=O) groups excluding carboxylic acids is 1. The van der Waals surface area contributed by atoms with Crippen molar-refractivity contribution in [3.05, 3.63) is 50.2 Å². The van der Waals surface area contributed by atoms with E-state index in [1.807, 2.05) is 0 Å². The van der Waals surface area contributed by atoms with Crippen LogP contribution in [0.2, 0.25) is 0 Å². The Kier molecular flexibility index (Phi) is 5.24. The zero-order chi connectivity index (χ0) is 18.1. The predicted molar refractivity (Wildman–Crippen MR) is 105 cm³/mol. The SMILES string of the molecule is O=C(c1cnc(NC2Cc3cc(Br)c(Br)cc3C2)nc1)N1CCCOC1. The highest BCUT2D eigenvalue weighted by Gasteiger charge is 2.24. The van der Waals surface area contributed by atoms with Crippen LogP contribution in [0.1, 0.15) is 27.9 Å². The van der Waals surface area contributed by atoms with Crippen molar-refractivity contribution in [3.8, 4) is 0 Å². The average Bonchev–Trinajstić information content (AvgIpc) is 3.04. The maximum absolute atomic E-state index is 12.4. The number of rotatable bonds is 3.